The zero-order valence-electron chi connectivity index (χ0n) is 11.1. The third kappa shape index (κ3) is 2.04. The van der Waals surface area contributed by atoms with Crippen molar-refractivity contribution < 1.29 is 13.2 Å². The van der Waals surface area contributed by atoms with Crippen LogP contribution in [0.15, 0.2) is 34.5 Å². The highest BCUT2D eigenvalue weighted by atomic mass is 32.2. The predicted octanol–water partition coefficient (Wildman–Crippen LogP) is 4.82. The number of thioether (sulfide) groups is 1. The van der Waals surface area contributed by atoms with Crippen molar-refractivity contribution in [2.45, 2.75) is 35.3 Å². The number of benzene rings is 1. The van der Waals surface area contributed by atoms with Crippen molar-refractivity contribution in [2.75, 3.05) is 0 Å². The van der Waals surface area contributed by atoms with E-state index in [9.17, 15) is 13.2 Å². The van der Waals surface area contributed by atoms with Crippen LogP contribution in [0.3, 0.4) is 0 Å². The Morgan fingerprint density at radius 3 is 2.86 bits per heavy atom. The number of fused-ring (bicyclic) bond motifs is 7. The Labute approximate surface area is 128 Å². The molecule has 2 aliphatic heterocycles. The van der Waals surface area contributed by atoms with E-state index >= 15 is 0 Å². The summed E-state index contributed by atoms with van der Waals surface area (Å²) in [4.78, 5) is 1.59. The molecule has 6 heteroatoms. The molecule has 2 aromatic rings. The van der Waals surface area contributed by atoms with Crippen molar-refractivity contribution >= 4 is 23.1 Å². The molecule has 1 nitrogen and oxygen atoms in total. The van der Waals surface area contributed by atoms with Crippen LogP contribution in [0.4, 0.5) is 13.2 Å². The monoisotopic (exact) mass is 327 g/mol. The topological polar surface area (TPSA) is 12.0 Å². The first-order valence-corrected chi connectivity index (χ1v) is 8.31. The van der Waals surface area contributed by atoms with Gasteiger partial charge in [0.05, 0.1) is 5.54 Å². The zero-order valence-corrected chi connectivity index (χ0v) is 12.8. The van der Waals surface area contributed by atoms with Crippen LogP contribution >= 0.6 is 23.1 Å². The third-order valence-electron chi connectivity index (χ3n) is 4.31. The molecule has 2 atom stereocenters. The Balaban J connectivity index is 1.84. The third-order valence-corrected chi connectivity index (χ3v) is 5.97. The molecule has 0 radical (unpaired) electrons. The van der Waals surface area contributed by atoms with Crippen molar-refractivity contribution in [2.24, 2.45) is 0 Å². The minimum atomic E-state index is -4.25. The number of rotatable bonds is 1. The second kappa shape index (κ2) is 4.27. The van der Waals surface area contributed by atoms with Gasteiger partial charge in [-0.2, -0.15) is 13.2 Å². The first-order chi connectivity index (χ1) is 9.87. The Kier molecular flexibility index (Phi) is 2.78. The van der Waals surface area contributed by atoms with E-state index in [1.807, 2.05) is 6.07 Å². The van der Waals surface area contributed by atoms with Crippen LogP contribution in [0.1, 0.15) is 34.5 Å². The van der Waals surface area contributed by atoms with Gasteiger partial charge in [0.25, 0.3) is 0 Å². The van der Waals surface area contributed by atoms with E-state index in [1.165, 1.54) is 10.4 Å². The van der Waals surface area contributed by atoms with Crippen LogP contribution in [0.2, 0.25) is 0 Å². The molecule has 0 amide bonds. The van der Waals surface area contributed by atoms with E-state index in [1.54, 1.807) is 23.5 Å². The maximum Gasteiger partial charge on any atom is 0.446 e. The summed E-state index contributed by atoms with van der Waals surface area (Å²) in [5.74, 6) is 0. The number of alkyl halides is 3. The molecule has 0 aliphatic carbocycles. The summed E-state index contributed by atoms with van der Waals surface area (Å²) >= 11 is 1.69. The molecule has 3 heterocycles. The summed E-state index contributed by atoms with van der Waals surface area (Å²) in [7, 11) is 0. The molecular formula is C15H12F3NS2. The van der Waals surface area contributed by atoms with Crippen molar-refractivity contribution in [3.63, 3.8) is 0 Å². The lowest BCUT2D eigenvalue weighted by Crippen LogP contribution is -2.40. The number of halogens is 3. The maximum absolute atomic E-state index is 12.6. The molecule has 1 N–H and O–H groups in total. The van der Waals surface area contributed by atoms with E-state index in [2.05, 4.69) is 23.7 Å². The minimum absolute atomic E-state index is 0.0422. The zero-order chi connectivity index (χ0) is 14.8. The molecule has 0 spiro atoms. The summed E-state index contributed by atoms with van der Waals surface area (Å²) in [5.41, 5.74) is -1.29. The molecule has 21 heavy (non-hydrogen) atoms. The smallest absolute Gasteiger partial charge is 0.297 e. The van der Waals surface area contributed by atoms with Gasteiger partial charge < -0.3 is 0 Å². The van der Waals surface area contributed by atoms with E-state index < -0.39 is 5.51 Å². The molecular weight excluding hydrogens is 315 g/mol. The Morgan fingerprint density at radius 1 is 1.29 bits per heavy atom. The number of hydrogen-bond acceptors (Lipinski definition) is 3. The summed E-state index contributed by atoms with van der Waals surface area (Å²) in [6.45, 7) is 2.07. The Bertz CT molecular complexity index is 722. The van der Waals surface area contributed by atoms with Gasteiger partial charge >= 0.3 is 5.51 Å². The average molecular weight is 327 g/mol. The lowest BCUT2D eigenvalue weighted by Gasteiger charge is -2.32. The number of hydrogen-bond donors (Lipinski definition) is 1. The lowest BCUT2D eigenvalue weighted by atomic mass is 9.86. The van der Waals surface area contributed by atoms with Crippen LogP contribution in [-0.4, -0.2) is 5.51 Å². The van der Waals surface area contributed by atoms with Crippen LogP contribution in [-0.2, 0) is 12.0 Å². The van der Waals surface area contributed by atoms with E-state index in [0.29, 0.717) is 0 Å². The molecule has 0 fully saturated rings. The van der Waals surface area contributed by atoms with Crippen LogP contribution < -0.4 is 5.32 Å². The van der Waals surface area contributed by atoms with Crippen molar-refractivity contribution in [3.8, 4) is 0 Å². The molecule has 1 aromatic carbocycles. The Morgan fingerprint density at radius 2 is 2.10 bits per heavy atom. The van der Waals surface area contributed by atoms with Crippen LogP contribution in [0.25, 0.3) is 0 Å². The molecule has 110 valence electrons. The fourth-order valence-electron chi connectivity index (χ4n) is 3.49. The first-order valence-electron chi connectivity index (χ1n) is 6.61. The Hall–Kier alpha value is -0.980. The fraction of sp³-hybridized carbons (Fsp3) is 0.333. The molecule has 2 aliphatic rings. The second-order valence-corrected chi connectivity index (χ2v) is 7.72. The molecule has 2 bridgehead atoms. The summed E-state index contributed by atoms with van der Waals surface area (Å²) < 4.78 is 37.8. The minimum Gasteiger partial charge on any atom is -0.297 e. The predicted molar refractivity (Wildman–Crippen MR) is 78.7 cm³/mol. The van der Waals surface area contributed by atoms with Gasteiger partial charge in [0, 0.05) is 22.2 Å². The van der Waals surface area contributed by atoms with Gasteiger partial charge in [0.2, 0.25) is 0 Å². The quantitative estimate of drug-likeness (QED) is 0.753. The van der Waals surface area contributed by atoms with Gasteiger partial charge in [0.15, 0.2) is 0 Å². The van der Waals surface area contributed by atoms with E-state index in [4.69, 9.17) is 0 Å². The van der Waals surface area contributed by atoms with E-state index in [-0.39, 0.29) is 28.2 Å². The summed E-state index contributed by atoms with van der Waals surface area (Å²) in [6.07, 6.45) is 0.918. The fourth-order valence-corrected chi connectivity index (χ4v) is 5.10. The van der Waals surface area contributed by atoms with Gasteiger partial charge in [-0.3, -0.25) is 5.32 Å². The molecule has 0 saturated carbocycles. The standard InChI is InChI=1S/C15H12F3NS2/c1-14-10-4-5-20-13(10)7-12(19-14)9-3-2-8(6-11(9)14)21-15(16,17)18/h2-6,12,19H,7H2,1H3. The lowest BCUT2D eigenvalue weighted by molar-refractivity contribution is -0.0328. The molecule has 0 saturated heterocycles. The van der Waals surface area contributed by atoms with E-state index in [0.717, 1.165) is 17.5 Å². The van der Waals surface area contributed by atoms with Crippen molar-refractivity contribution in [1.29, 1.82) is 0 Å². The average Bonchev–Trinajstić information content (AvgIpc) is 2.93. The van der Waals surface area contributed by atoms with Gasteiger partial charge in [-0.05, 0) is 59.0 Å². The SMILES string of the molecule is CC12NC(Cc3sccc31)c1ccc(SC(F)(F)F)cc12. The molecule has 2 unspecified atom stereocenters. The van der Waals surface area contributed by atoms with Crippen molar-refractivity contribution in [3.05, 3.63) is 51.2 Å². The van der Waals surface area contributed by atoms with Gasteiger partial charge in [-0.15, -0.1) is 11.3 Å². The second-order valence-electron chi connectivity index (χ2n) is 5.58. The van der Waals surface area contributed by atoms with Crippen molar-refractivity contribution in [1.82, 2.24) is 5.32 Å². The van der Waals surface area contributed by atoms with Gasteiger partial charge in [0.1, 0.15) is 0 Å². The van der Waals surface area contributed by atoms with Crippen LogP contribution in [0.5, 0.6) is 0 Å². The number of nitrogens with one attached hydrogen (secondary N) is 1. The maximum atomic E-state index is 12.6. The molecule has 1 aromatic heterocycles. The molecule has 4 rings (SSSR count). The summed E-state index contributed by atoms with van der Waals surface area (Å²) in [5, 5.41) is 5.64. The first kappa shape index (κ1) is 13.7. The largest absolute Gasteiger partial charge is 0.446 e. The van der Waals surface area contributed by atoms with Gasteiger partial charge in [-0.25, -0.2) is 0 Å². The highest BCUT2D eigenvalue weighted by molar-refractivity contribution is 8.00. The highest BCUT2D eigenvalue weighted by Gasteiger charge is 2.46. The van der Waals surface area contributed by atoms with Gasteiger partial charge in [-0.1, -0.05) is 6.07 Å². The normalized spacial score (nSPS) is 26.6. The summed E-state index contributed by atoms with van der Waals surface area (Å²) in [6, 6.07) is 7.43. The highest BCUT2D eigenvalue weighted by Crippen LogP contribution is 2.51. The number of thiophene rings is 1. The van der Waals surface area contributed by atoms with Crippen LogP contribution in [0, 0.1) is 0 Å².